The number of hydrogen-bond acceptors (Lipinski definition) is 3. The summed E-state index contributed by atoms with van der Waals surface area (Å²) in [6.45, 7) is 8.78. The molecule has 2 N–H and O–H groups in total. The van der Waals surface area contributed by atoms with E-state index in [1.54, 1.807) is 0 Å². The molecule has 2 aliphatic heterocycles. The van der Waals surface area contributed by atoms with Gasteiger partial charge in [-0.2, -0.15) is 0 Å². The maximum atomic E-state index is 13.1. The average molecular weight is 364 g/mol. The Kier molecular flexibility index (Phi) is 5.02. The van der Waals surface area contributed by atoms with Gasteiger partial charge in [-0.15, -0.1) is 0 Å². The average Bonchev–Trinajstić information content (AvgIpc) is 3.20. The van der Waals surface area contributed by atoms with Gasteiger partial charge in [-0.3, -0.25) is 4.79 Å². The van der Waals surface area contributed by atoms with E-state index in [-0.39, 0.29) is 11.9 Å². The molecule has 0 spiro atoms. The third kappa shape index (κ3) is 3.64. The number of amides is 1. The molecular weight excluding hydrogens is 334 g/mol. The van der Waals surface area contributed by atoms with E-state index in [0.29, 0.717) is 11.8 Å². The number of fused-ring (bicyclic) bond motifs is 1. The largest absolute Gasteiger partial charge is 0.338 e. The number of benzene rings is 2. The molecule has 2 heterocycles. The Bertz CT molecular complexity index is 785. The predicted octanol–water partition coefficient (Wildman–Crippen LogP) is 3.01. The van der Waals surface area contributed by atoms with Gasteiger partial charge in [0.05, 0.1) is 0 Å². The van der Waals surface area contributed by atoms with Crippen molar-refractivity contribution in [1.82, 2.24) is 9.80 Å². The second-order valence-corrected chi connectivity index (χ2v) is 8.23. The van der Waals surface area contributed by atoms with Crippen molar-refractivity contribution in [3.8, 4) is 0 Å². The highest BCUT2D eigenvalue weighted by atomic mass is 16.2. The van der Waals surface area contributed by atoms with Crippen LogP contribution in [0.5, 0.6) is 0 Å². The second-order valence-electron chi connectivity index (χ2n) is 8.23. The molecule has 2 saturated heterocycles. The molecule has 0 bridgehead atoms. The lowest BCUT2D eigenvalue weighted by Crippen LogP contribution is -2.36. The first-order chi connectivity index (χ1) is 13.0. The third-order valence-electron chi connectivity index (χ3n) is 6.23. The fourth-order valence-corrected chi connectivity index (χ4v) is 4.80. The summed E-state index contributed by atoms with van der Waals surface area (Å²) in [5, 5.41) is 0. The summed E-state index contributed by atoms with van der Waals surface area (Å²) in [5.41, 5.74) is 10.6. The van der Waals surface area contributed by atoms with Gasteiger partial charge in [0.1, 0.15) is 0 Å². The van der Waals surface area contributed by atoms with E-state index in [1.807, 2.05) is 50.2 Å². The lowest BCUT2D eigenvalue weighted by Gasteiger charge is -2.25. The Balaban J connectivity index is 1.36. The van der Waals surface area contributed by atoms with Gasteiger partial charge in [0, 0.05) is 44.3 Å². The topological polar surface area (TPSA) is 49.6 Å². The van der Waals surface area contributed by atoms with Crippen molar-refractivity contribution < 1.29 is 4.79 Å². The van der Waals surface area contributed by atoms with Crippen LogP contribution in [-0.4, -0.2) is 48.4 Å². The van der Waals surface area contributed by atoms with Gasteiger partial charge >= 0.3 is 0 Å². The van der Waals surface area contributed by atoms with Crippen LogP contribution in [0.3, 0.4) is 0 Å². The lowest BCUT2D eigenvalue weighted by molar-refractivity contribution is 0.0772. The van der Waals surface area contributed by atoms with E-state index in [2.05, 4.69) is 21.9 Å². The molecule has 2 unspecified atom stereocenters. The first-order valence-corrected chi connectivity index (χ1v) is 9.91. The van der Waals surface area contributed by atoms with Crippen LogP contribution in [0.1, 0.15) is 33.1 Å². The van der Waals surface area contributed by atoms with E-state index in [1.165, 1.54) is 5.56 Å². The second kappa shape index (κ2) is 7.45. The van der Waals surface area contributed by atoms with Crippen LogP contribution in [0.25, 0.3) is 0 Å². The van der Waals surface area contributed by atoms with E-state index in [0.717, 1.165) is 49.4 Å². The van der Waals surface area contributed by atoms with Crippen LogP contribution >= 0.6 is 0 Å². The molecule has 1 amide bonds. The van der Waals surface area contributed by atoms with Gasteiger partial charge in [0.25, 0.3) is 5.91 Å². The van der Waals surface area contributed by atoms with Crippen molar-refractivity contribution in [1.29, 1.82) is 0 Å². The van der Waals surface area contributed by atoms with Crippen molar-refractivity contribution in [2.75, 3.05) is 32.7 Å². The smallest absolute Gasteiger partial charge is 0.254 e. The molecule has 2 aromatic carbocycles. The fraction of sp³-hybridized carbons (Fsp3) is 0.435. The summed E-state index contributed by atoms with van der Waals surface area (Å²) < 4.78 is 0. The highest BCUT2D eigenvalue weighted by Gasteiger charge is 2.42. The first kappa shape index (κ1) is 18.2. The third-order valence-corrected chi connectivity index (χ3v) is 6.23. The molecule has 0 aliphatic carbocycles. The molecule has 4 nitrogen and oxygen atoms in total. The van der Waals surface area contributed by atoms with Crippen molar-refractivity contribution in [2.24, 2.45) is 17.6 Å². The quantitative estimate of drug-likeness (QED) is 0.908. The number of aryl methyl sites for hydroxylation is 2. The number of nitrogens with two attached hydrogens (primary N) is 1. The first-order valence-electron chi connectivity index (χ1n) is 9.91. The van der Waals surface area contributed by atoms with Crippen LogP contribution < -0.4 is 5.73 Å². The van der Waals surface area contributed by atoms with Crippen LogP contribution in [-0.2, 0) is 0 Å². The summed E-state index contributed by atoms with van der Waals surface area (Å²) >= 11 is 0. The summed E-state index contributed by atoms with van der Waals surface area (Å²) in [5.74, 6) is 1.34. The van der Waals surface area contributed by atoms with Crippen LogP contribution in [0.15, 0.2) is 48.5 Å². The highest BCUT2D eigenvalue weighted by Crippen LogP contribution is 2.33. The molecular formula is C23H29N3O. The maximum Gasteiger partial charge on any atom is 0.254 e. The molecule has 2 aliphatic rings. The van der Waals surface area contributed by atoms with E-state index >= 15 is 0 Å². The van der Waals surface area contributed by atoms with E-state index in [9.17, 15) is 4.79 Å². The Morgan fingerprint density at radius 2 is 1.56 bits per heavy atom. The number of rotatable bonds is 4. The Labute approximate surface area is 162 Å². The van der Waals surface area contributed by atoms with Crippen molar-refractivity contribution in [3.05, 3.63) is 70.8 Å². The minimum absolute atomic E-state index is 0.0531. The van der Waals surface area contributed by atoms with Crippen molar-refractivity contribution >= 4 is 5.91 Å². The minimum atomic E-state index is 0.0531. The molecule has 0 radical (unpaired) electrons. The molecule has 27 heavy (non-hydrogen) atoms. The number of likely N-dealkylation sites (tertiary alicyclic amines) is 2. The molecule has 3 atom stereocenters. The summed E-state index contributed by atoms with van der Waals surface area (Å²) in [6, 6.07) is 16.5. The van der Waals surface area contributed by atoms with E-state index in [4.69, 9.17) is 5.73 Å². The Morgan fingerprint density at radius 1 is 0.963 bits per heavy atom. The molecule has 2 aromatic rings. The van der Waals surface area contributed by atoms with E-state index < -0.39 is 0 Å². The number of carbonyl (C=O) groups excluding carboxylic acids is 1. The number of carbonyl (C=O) groups is 1. The van der Waals surface area contributed by atoms with Crippen LogP contribution in [0.2, 0.25) is 0 Å². The fourth-order valence-electron chi connectivity index (χ4n) is 4.80. The molecule has 0 aromatic heterocycles. The van der Waals surface area contributed by atoms with Gasteiger partial charge in [-0.1, -0.05) is 48.5 Å². The zero-order valence-corrected chi connectivity index (χ0v) is 16.3. The zero-order chi connectivity index (χ0) is 19.0. The lowest BCUT2D eigenvalue weighted by atomic mass is 10.0. The molecule has 4 rings (SSSR count). The van der Waals surface area contributed by atoms with Crippen molar-refractivity contribution in [3.63, 3.8) is 0 Å². The van der Waals surface area contributed by atoms with Gasteiger partial charge in [0.15, 0.2) is 0 Å². The maximum absolute atomic E-state index is 13.1. The molecule has 0 saturated carbocycles. The van der Waals surface area contributed by atoms with Crippen molar-refractivity contribution in [2.45, 2.75) is 19.9 Å². The Morgan fingerprint density at radius 3 is 2.15 bits per heavy atom. The summed E-state index contributed by atoms with van der Waals surface area (Å²) in [6.07, 6.45) is 0. The summed E-state index contributed by atoms with van der Waals surface area (Å²) in [7, 11) is 0. The van der Waals surface area contributed by atoms with Gasteiger partial charge < -0.3 is 15.5 Å². The highest BCUT2D eigenvalue weighted by molar-refractivity contribution is 5.97. The van der Waals surface area contributed by atoms with Gasteiger partial charge in [-0.25, -0.2) is 0 Å². The minimum Gasteiger partial charge on any atom is -0.338 e. The molecule has 4 heteroatoms. The molecule has 2 fully saturated rings. The van der Waals surface area contributed by atoms with Crippen LogP contribution in [0, 0.1) is 25.7 Å². The Hall–Kier alpha value is -2.17. The van der Waals surface area contributed by atoms with Crippen LogP contribution in [0.4, 0.5) is 0 Å². The normalized spacial score (nSPS) is 23.4. The van der Waals surface area contributed by atoms with Gasteiger partial charge in [-0.05, 0) is 42.4 Å². The zero-order valence-electron chi connectivity index (χ0n) is 16.3. The molecule has 142 valence electrons. The number of hydrogen-bond donors (Lipinski definition) is 1. The monoisotopic (exact) mass is 363 g/mol. The predicted molar refractivity (Wildman–Crippen MR) is 109 cm³/mol. The standard InChI is InChI=1S/C23H29N3O/c1-16-7-6-8-17(2)22(16)23(27)26-13-19-11-25(12-20(19)14-26)15-21(24)18-9-4-3-5-10-18/h3-10,19-21H,11-15,24H2,1-2H3/t19?,20?,21-/m0/s1. The SMILES string of the molecule is Cc1cccc(C)c1C(=O)N1CC2CN(C[C@H](N)c3ccccc3)CC2C1. The number of nitrogens with zero attached hydrogens (tertiary/aromatic N) is 2. The van der Waals surface area contributed by atoms with Gasteiger partial charge in [0.2, 0.25) is 0 Å². The summed E-state index contributed by atoms with van der Waals surface area (Å²) in [4.78, 5) is 17.6.